The number of aliphatic imine (C=N–C) groups is 1. The summed E-state index contributed by atoms with van der Waals surface area (Å²) in [6.07, 6.45) is 1.55. The van der Waals surface area contributed by atoms with Crippen LogP contribution in [0.2, 0.25) is 0 Å². The molecule has 0 bridgehead atoms. The van der Waals surface area contributed by atoms with Crippen molar-refractivity contribution in [1.29, 1.82) is 5.41 Å². The number of nitrogens with one attached hydrogen (secondary N) is 1. The van der Waals surface area contributed by atoms with E-state index in [0.717, 1.165) is 9.94 Å². The normalized spacial score (nSPS) is 18.0. The summed E-state index contributed by atoms with van der Waals surface area (Å²) in [6, 6.07) is 11.8. The lowest BCUT2D eigenvalue weighted by Gasteiger charge is -2.19. The van der Waals surface area contributed by atoms with Crippen LogP contribution in [-0.4, -0.2) is 27.0 Å². The molecule has 2 aromatic rings. The predicted octanol–water partition coefficient (Wildman–Crippen LogP) is 5.01. The van der Waals surface area contributed by atoms with E-state index in [1.807, 2.05) is 51.1 Å². The van der Waals surface area contributed by atoms with Gasteiger partial charge in [0, 0.05) is 10.8 Å². The van der Waals surface area contributed by atoms with Crippen molar-refractivity contribution in [3.05, 3.63) is 53.3 Å². The predicted molar refractivity (Wildman–Crippen MR) is 114 cm³/mol. The van der Waals surface area contributed by atoms with Crippen LogP contribution in [0.5, 0.6) is 0 Å². The standard InChI is InChI=1S/C20H18N4O2S2/c1-11(2)19-23-24-17(21)15(18(25)22-20(24)28-19)10-13-6-9-16(26-13)27-14-7-4-12(3)5-8-14/h4-11,21H,1-3H3/b15-10+,21-17?. The number of carbonyl (C=O) groups excluding carboxylic acids is 1. The van der Waals surface area contributed by atoms with E-state index in [2.05, 4.69) is 10.1 Å². The van der Waals surface area contributed by atoms with Crippen molar-refractivity contribution in [3.63, 3.8) is 0 Å². The molecule has 142 valence electrons. The molecule has 28 heavy (non-hydrogen) atoms. The number of hydrogen-bond donors (Lipinski definition) is 1. The van der Waals surface area contributed by atoms with Crippen LogP contribution in [0.1, 0.15) is 25.2 Å². The first-order chi connectivity index (χ1) is 13.4. The van der Waals surface area contributed by atoms with Crippen molar-refractivity contribution in [2.75, 3.05) is 0 Å². The molecule has 0 fully saturated rings. The summed E-state index contributed by atoms with van der Waals surface area (Å²) in [5, 5.41) is 16.2. The molecule has 0 atom stereocenters. The molecule has 0 saturated heterocycles. The van der Waals surface area contributed by atoms with Gasteiger partial charge in [-0.25, -0.2) is 0 Å². The van der Waals surface area contributed by atoms with Gasteiger partial charge in [-0.05, 0) is 49.0 Å². The zero-order chi connectivity index (χ0) is 19.8. The maximum Gasteiger partial charge on any atom is 0.283 e. The van der Waals surface area contributed by atoms with Gasteiger partial charge < -0.3 is 4.42 Å². The molecule has 1 amide bonds. The van der Waals surface area contributed by atoms with Gasteiger partial charge in [0.15, 0.2) is 10.9 Å². The molecule has 2 aliphatic rings. The smallest absolute Gasteiger partial charge is 0.283 e. The van der Waals surface area contributed by atoms with Crippen molar-refractivity contribution in [2.24, 2.45) is 16.0 Å². The second-order valence-electron chi connectivity index (χ2n) is 6.68. The number of fused-ring (bicyclic) bond motifs is 1. The summed E-state index contributed by atoms with van der Waals surface area (Å²) in [5.74, 6) is 0.275. The van der Waals surface area contributed by atoms with Crippen LogP contribution < -0.4 is 0 Å². The van der Waals surface area contributed by atoms with Crippen LogP contribution in [0.4, 0.5) is 0 Å². The van der Waals surface area contributed by atoms with Gasteiger partial charge in [0.1, 0.15) is 10.8 Å². The van der Waals surface area contributed by atoms with Crippen LogP contribution in [0.15, 0.2) is 66.5 Å². The third-order valence-corrected chi connectivity index (χ3v) is 6.23. The highest BCUT2D eigenvalue weighted by molar-refractivity contribution is 8.27. The summed E-state index contributed by atoms with van der Waals surface area (Å²) in [7, 11) is 0. The highest BCUT2D eigenvalue weighted by atomic mass is 32.2. The summed E-state index contributed by atoms with van der Waals surface area (Å²) >= 11 is 2.84. The molecule has 8 heteroatoms. The van der Waals surface area contributed by atoms with Crippen LogP contribution >= 0.6 is 23.5 Å². The zero-order valence-electron chi connectivity index (χ0n) is 15.6. The number of furan rings is 1. The number of benzene rings is 1. The Kier molecular flexibility index (Phi) is 4.99. The van der Waals surface area contributed by atoms with Gasteiger partial charge in [-0.3, -0.25) is 10.2 Å². The van der Waals surface area contributed by atoms with Crippen LogP contribution in [0, 0.1) is 18.3 Å². The van der Waals surface area contributed by atoms with Gasteiger partial charge in [-0.15, -0.1) is 0 Å². The highest BCUT2D eigenvalue weighted by Crippen LogP contribution is 2.32. The Morgan fingerprint density at radius 3 is 2.68 bits per heavy atom. The van der Waals surface area contributed by atoms with E-state index in [1.165, 1.54) is 34.1 Å². The second kappa shape index (κ2) is 7.44. The Hall–Kier alpha value is -2.58. The van der Waals surface area contributed by atoms with Crippen molar-refractivity contribution in [3.8, 4) is 0 Å². The lowest BCUT2D eigenvalue weighted by Crippen LogP contribution is -2.35. The SMILES string of the molecule is Cc1ccc(Sc2ccc(/C=C3\C(=N)N4N=C(C(C)C)SC4=NC3=O)o2)cc1. The molecule has 1 aromatic heterocycles. The summed E-state index contributed by atoms with van der Waals surface area (Å²) in [6.45, 7) is 6.08. The molecule has 0 spiro atoms. The number of thioether (sulfide) groups is 1. The van der Waals surface area contributed by atoms with Crippen molar-refractivity contribution < 1.29 is 9.21 Å². The first kappa shape index (κ1) is 18.8. The van der Waals surface area contributed by atoms with Gasteiger partial charge in [0.25, 0.3) is 5.91 Å². The number of nitrogens with zero attached hydrogens (tertiary/aromatic N) is 3. The largest absolute Gasteiger partial charge is 0.450 e. The van der Waals surface area contributed by atoms with Crippen molar-refractivity contribution in [1.82, 2.24) is 5.01 Å². The Morgan fingerprint density at radius 2 is 1.96 bits per heavy atom. The number of amidine groups is 2. The fraction of sp³-hybridized carbons (Fsp3) is 0.200. The van der Waals surface area contributed by atoms with Gasteiger partial charge >= 0.3 is 0 Å². The lowest BCUT2D eigenvalue weighted by molar-refractivity contribution is -0.114. The molecular weight excluding hydrogens is 392 g/mol. The average Bonchev–Trinajstić information content (AvgIpc) is 3.27. The quantitative estimate of drug-likeness (QED) is 0.716. The number of rotatable bonds is 4. The fourth-order valence-corrected chi connectivity index (χ4v) is 4.24. The Balaban J connectivity index is 1.56. The van der Waals surface area contributed by atoms with E-state index < -0.39 is 5.91 Å². The zero-order valence-corrected chi connectivity index (χ0v) is 17.2. The molecule has 2 aliphatic heterocycles. The van der Waals surface area contributed by atoms with E-state index in [4.69, 9.17) is 9.83 Å². The average molecular weight is 411 g/mol. The van der Waals surface area contributed by atoms with Gasteiger partial charge in [-0.1, -0.05) is 43.3 Å². The molecule has 4 rings (SSSR count). The monoisotopic (exact) mass is 410 g/mol. The Bertz CT molecular complexity index is 1050. The maximum absolute atomic E-state index is 12.4. The molecule has 0 aliphatic carbocycles. The Morgan fingerprint density at radius 1 is 1.21 bits per heavy atom. The number of aryl methyl sites for hydroxylation is 1. The molecule has 6 nitrogen and oxygen atoms in total. The molecule has 1 N–H and O–H groups in total. The summed E-state index contributed by atoms with van der Waals surface area (Å²) in [4.78, 5) is 17.6. The van der Waals surface area contributed by atoms with Crippen molar-refractivity contribution >= 4 is 51.6 Å². The number of carbonyl (C=O) groups is 1. The highest BCUT2D eigenvalue weighted by Gasteiger charge is 2.36. The summed E-state index contributed by atoms with van der Waals surface area (Å²) < 4.78 is 5.82. The summed E-state index contributed by atoms with van der Waals surface area (Å²) in [5.41, 5.74) is 1.37. The first-order valence-corrected chi connectivity index (χ1v) is 10.4. The molecule has 1 aromatic carbocycles. The van der Waals surface area contributed by atoms with Gasteiger partial charge in [-0.2, -0.15) is 15.1 Å². The molecule has 0 saturated carbocycles. The topological polar surface area (TPSA) is 82.0 Å². The number of hydrazone groups is 1. The molecule has 0 unspecified atom stereocenters. The minimum atomic E-state index is -0.451. The number of hydrogen-bond acceptors (Lipinski definition) is 6. The molecular formula is C20H18N4O2S2. The third-order valence-electron chi connectivity index (χ3n) is 4.09. The van der Waals surface area contributed by atoms with Crippen LogP contribution in [0.25, 0.3) is 6.08 Å². The molecule has 3 heterocycles. The van der Waals surface area contributed by atoms with Gasteiger partial charge in [0.2, 0.25) is 5.17 Å². The van der Waals surface area contributed by atoms with Crippen molar-refractivity contribution in [2.45, 2.75) is 30.8 Å². The van der Waals surface area contributed by atoms with E-state index in [0.29, 0.717) is 16.0 Å². The third kappa shape index (κ3) is 3.70. The second-order valence-corrected chi connectivity index (χ2v) is 8.75. The maximum atomic E-state index is 12.4. The lowest BCUT2D eigenvalue weighted by atomic mass is 10.1. The van der Waals surface area contributed by atoms with Gasteiger partial charge in [0.05, 0.1) is 5.57 Å². The number of amides is 1. The Labute approximate surface area is 171 Å². The minimum Gasteiger partial charge on any atom is -0.450 e. The first-order valence-electron chi connectivity index (χ1n) is 8.75. The van der Waals surface area contributed by atoms with E-state index in [9.17, 15) is 4.79 Å². The van der Waals surface area contributed by atoms with Crippen LogP contribution in [0.3, 0.4) is 0 Å². The fourth-order valence-electron chi connectivity index (χ4n) is 2.57. The molecule has 0 radical (unpaired) electrons. The van der Waals surface area contributed by atoms with E-state index >= 15 is 0 Å². The van der Waals surface area contributed by atoms with E-state index in [-0.39, 0.29) is 17.3 Å². The minimum absolute atomic E-state index is 0.0160. The van der Waals surface area contributed by atoms with Crippen LogP contribution in [-0.2, 0) is 4.79 Å². The van der Waals surface area contributed by atoms with E-state index in [1.54, 1.807) is 12.1 Å².